The smallest absolute Gasteiger partial charge is 0.374 e. The molecular formula is C28H21NO8. The SMILES string of the molecule is CC1=C(O)C(=O)O[C@]12[C@H]1NC3=C(C=C(O)C4C(=O)c5ccccc5C(=O)C34)[C@]2(O)[C@H](O)c2ccccc21. The average molecular weight is 499 g/mol. The van der Waals surface area contributed by atoms with Gasteiger partial charge in [0.25, 0.3) is 0 Å². The summed E-state index contributed by atoms with van der Waals surface area (Å²) in [5, 5.41) is 49.1. The minimum Gasteiger partial charge on any atom is -0.511 e. The standard InChI is InChI=1S/C28H21NO8/c1-11-21(31)26(35)37-28(11)24-14-8-4-5-9-15(14)25(34)27(28,36)16-10-17(30)18-19(20(16)29-24)23(33)13-7-3-2-6-12(13)22(18)32/h2-10,18-19,24-25,29-31,34,36H,1H3/t18?,19?,24-,25+,27-,28-/m0/s1. The number of nitrogens with one attached hydrogen (secondary N) is 1. The van der Waals surface area contributed by atoms with Crippen LogP contribution in [0.2, 0.25) is 0 Å². The maximum Gasteiger partial charge on any atom is 0.374 e. The van der Waals surface area contributed by atoms with Crippen LogP contribution in [0.3, 0.4) is 0 Å². The molecule has 2 aliphatic heterocycles. The number of carbonyl (C=O) groups is 3. The van der Waals surface area contributed by atoms with Gasteiger partial charge in [-0.05, 0) is 24.1 Å². The van der Waals surface area contributed by atoms with E-state index in [-0.39, 0.29) is 28.0 Å². The molecule has 2 heterocycles. The van der Waals surface area contributed by atoms with Gasteiger partial charge in [-0.2, -0.15) is 0 Å². The Hall–Kier alpha value is -4.21. The summed E-state index contributed by atoms with van der Waals surface area (Å²) in [5.74, 6) is -5.53. The van der Waals surface area contributed by atoms with Gasteiger partial charge in [-0.15, -0.1) is 0 Å². The predicted octanol–water partition coefficient (Wildman–Crippen LogP) is 2.26. The number of rotatable bonds is 0. The number of Topliss-reactive ketones (excluding diaryl/α,β-unsaturated/α-hetero) is 2. The van der Waals surface area contributed by atoms with Crippen molar-refractivity contribution in [1.29, 1.82) is 0 Å². The molecule has 2 aromatic carbocycles. The molecule has 5 aliphatic rings. The van der Waals surface area contributed by atoms with Gasteiger partial charge >= 0.3 is 5.97 Å². The Labute approximate surface area is 210 Å². The Kier molecular flexibility index (Phi) is 4.02. The minimum absolute atomic E-state index is 0.0102. The van der Waals surface area contributed by atoms with Crippen molar-refractivity contribution < 1.29 is 39.5 Å². The lowest BCUT2D eigenvalue weighted by Crippen LogP contribution is -2.71. The number of hydrogen-bond acceptors (Lipinski definition) is 9. The molecule has 186 valence electrons. The van der Waals surface area contributed by atoms with E-state index < -0.39 is 64.2 Å². The van der Waals surface area contributed by atoms with Crippen LogP contribution in [0, 0.1) is 11.8 Å². The first-order valence-corrected chi connectivity index (χ1v) is 11.9. The number of ether oxygens (including phenoxy) is 1. The first-order valence-electron chi connectivity index (χ1n) is 11.9. The summed E-state index contributed by atoms with van der Waals surface area (Å²) in [5.41, 5.74) is -3.15. The molecule has 0 fully saturated rings. The third-order valence-electron chi connectivity index (χ3n) is 8.61. The number of aliphatic hydroxyl groups is 4. The summed E-state index contributed by atoms with van der Waals surface area (Å²) in [6.45, 7) is 1.42. The van der Waals surface area contributed by atoms with Gasteiger partial charge in [-0.25, -0.2) is 4.79 Å². The zero-order valence-corrected chi connectivity index (χ0v) is 19.4. The number of aliphatic hydroxyl groups excluding tert-OH is 3. The highest BCUT2D eigenvalue weighted by atomic mass is 16.6. The second-order valence-corrected chi connectivity index (χ2v) is 10.1. The lowest BCUT2D eigenvalue weighted by atomic mass is 9.54. The highest BCUT2D eigenvalue weighted by Crippen LogP contribution is 2.64. The number of esters is 1. The predicted molar refractivity (Wildman–Crippen MR) is 126 cm³/mol. The van der Waals surface area contributed by atoms with Crippen LogP contribution < -0.4 is 5.32 Å². The molecule has 3 aliphatic carbocycles. The van der Waals surface area contributed by atoms with Crippen LogP contribution in [0.4, 0.5) is 0 Å². The quantitative estimate of drug-likeness (QED) is 0.344. The van der Waals surface area contributed by atoms with E-state index in [9.17, 15) is 34.8 Å². The van der Waals surface area contributed by atoms with E-state index in [0.717, 1.165) is 6.08 Å². The molecule has 0 aromatic heterocycles. The van der Waals surface area contributed by atoms with Gasteiger partial charge in [0.1, 0.15) is 11.9 Å². The molecule has 9 heteroatoms. The first kappa shape index (κ1) is 22.0. The molecule has 0 saturated heterocycles. The zero-order valence-electron chi connectivity index (χ0n) is 19.4. The van der Waals surface area contributed by atoms with Crippen molar-refractivity contribution in [2.75, 3.05) is 0 Å². The van der Waals surface area contributed by atoms with Gasteiger partial charge < -0.3 is 30.5 Å². The lowest BCUT2D eigenvalue weighted by Gasteiger charge is -2.59. The highest BCUT2D eigenvalue weighted by molar-refractivity contribution is 6.18. The number of allylic oxidation sites excluding steroid dienone is 2. The Balaban J connectivity index is 1.55. The summed E-state index contributed by atoms with van der Waals surface area (Å²) >= 11 is 0. The molecule has 2 bridgehead atoms. The van der Waals surface area contributed by atoms with Crippen molar-refractivity contribution in [3.8, 4) is 0 Å². The van der Waals surface area contributed by atoms with E-state index in [0.29, 0.717) is 11.1 Å². The molecule has 9 nitrogen and oxygen atoms in total. The highest BCUT2D eigenvalue weighted by Gasteiger charge is 2.74. The number of benzene rings is 2. The van der Waals surface area contributed by atoms with Crippen LogP contribution in [0.15, 0.2) is 83.0 Å². The van der Waals surface area contributed by atoms with E-state index in [1.807, 2.05) is 0 Å². The topological polar surface area (TPSA) is 153 Å². The Morgan fingerprint density at radius 3 is 2.11 bits per heavy atom. The third kappa shape index (κ3) is 2.26. The molecule has 7 rings (SSSR count). The second-order valence-electron chi connectivity index (χ2n) is 10.1. The Morgan fingerprint density at radius 1 is 0.892 bits per heavy atom. The van der Waals surface area contributed by atoms with Gasteiger partial charge in [0.05, 0.1) is 17.9 Å². The molecule has 2 aromatic rings. The van der Waals surface area contributed by atoms with E-state index in [1.54, 1.807) is 36.4 Å². The van der Waals surface area contributed by atoms with Gasteiger partial charge in [0, 0.05) is 28.0 Å². The van der Waals surface area contributed by atoms with Gasteiger partial charge in [-0.3, -0.25) is 9.59 Å². The fourth-order valence-corrected chi connectivity index (χ4v) is 6.93. The van der Waals surface area contributed by atoms with Crippen LogP contribution in [0.25, 0.3) is 0 Å². The normalized spacial score (nSPS) is 35.3. The molecule has 6 atom stereocenters. The van der Waals surface area contributed by atoms with Crippen molar-refractivity contribution in [2.45, 2.75) is 30.3 Å². The van der Waals surface area contributed by atoms with Gasteiger partial charge in [-0.1, -0.05) is 48.5 Å². The van der Waals surface area contributed by atoms with Crippen LogP contribution in [0.5, 0.6) is 0 Å². The molecular weight excluding hydrogens is 478 g/mol. The monoisotopic (exact) mass is 499 g/mol. The van der Waals surface area contributed by atoms with Crippen LogP contribution in [0.1, 0.15) is 50.9 Å². The Bertz CT molecular complexity index is 1580. The summed E-state index contributed by atoms with van der Waals surface area (Å²) in [4.78, 5) is 39.8. The van der Waals surface area contributed by atoms with Crippen molar-refractivity contribution in [1.82, 2.24) is 5.32 Å². The van der Waals surface area contributed by atoms with Crippen molar-refractivity contribution >= 4 is 17.5 Å². The van der Waals surface area contributed by atoms with Gasteiger partial charge in [0.15, 0.2) is 22.8 Å². The zero-order chi connectivity index (χ0) is 26.0. The van der Waals surface area contributed by atoms with Crippen LogP contribution in [-0.2, 0) is 9.53 Å². The number of carbonyl (C=O) groups excluding carboxylic acids is 3. The average Bonchev–Trinajstić information content (AvgIpc) is 3.12. The fourth-order valence-electron chi connectivity index (χ4n) is 6.93. The summed E-state index contributed by atoms with van der Waals surface area (Å²) in [7, 11) is 0. The van der Waals surface area contributed by atoms with Crippen LogP contribution >= 0.6 is 0 Å². The lowest BCUT2D eigenvalue weighted by molar-refractivity contribution is -0.210. The number of ketones is 2. The molecule has 0 radical (unpaired) electrons. The summed E-state index contributed by atoms with van der Waals surface area (Å²) in [6.07, 6.45) is -0.517. The van der Waals surface area contributed by atoms with E-state index in [2.05, 4.69) is 5.32 Å². The second kappa shape index (κ2) is 6.76. The first-order chi connectivity index (χ1) is 17.6. The molecule has 37 heavy (non-hydrogen) atoms. The third-order valence-corrected chi connectivity index (χ3v) is 8.61. The maximum absolute atomic E-state index is 13.8. The number of fused-ring (bicyclic) bond motifs is 6. The van der Waals surface area contributed by atoms with E-state index >= 15 is 0 Å². The maximum atomic E-state index is 13.8. The van der Waals surface area contributed by atoms with Crippen LogP contribution in [-0.4, -0.2) is 49.2 Å². The number of hydrogen-bond donors (Lipinski definition) is 5. The van der Waals surface area contributed by atoms with E-state index in [1.165, 1.54) is 19.1 Å². The molecule has 5 N–H and O–H groups in total. The minimum atomic E-state index is -2.42. The Morgan fingerprint density at radius 2 is 1.49 bits per heavy atom. The molecule has 2 unspecified atom stereocenters. The van der Waals surface area contributed by atoms with Crippen molar-refractivity contribution in [2.24, 2.45) is 11.8 Å². The fraction of sp³-hybridized carbons (Fsp3) is 0.250. The van der Waals surface area contributed by atoms with Crippen molar-refractivity contribution in [3.05, 3.63) is 105 Å². The summed E-state index contributed by atoms with van der Waals surface area (Å²) < 4.78 is 5.70. The molecule has 0 amide bonds. The van der Waals surface area contributed by atoms with E-state index in [4.69, 9.17) is 4.74 Å². The van der Waals surface area contributed by atoms with Gasteiger partial charge in [0.2, 0.25) is 5.76 Å². The molecule has 0 saturated carbocycles. The molecule has 1 spiro atoms. The largest absolute Gasteiger partial charge is 0.511 e. The van der Waals surface area contributed by atoms with Crippen molar-refractivity contribution in [3.63, 3.8) is 0 Å². The summed E-state index contributed by atoms with van der Waals surface area (Å²) in [6, 6.07) is 12.0.